The molecule has 0 bridgehead atoms. The Bertz CT molecular complexity index is 395. The van der Waals surface area contributed by atoms with E-state index in [-0.39, 0.29) is 18.6 Å². The molecule has 0 aliphatic heterocycles. The minimum Gasteiger partial charge on any atom is -0.396 e. The van der Waals surface area contributed by atoms with E-state index < -0.39 is 0 Å². The average Bonchev–Trinajstić information content (AvgIpc) is 2.38. The fourth-order valence-electron chi connectivity index (χ4n) is 1.68. The van der Waals surface area contributed by atoms with Crippen molar-refractivity contribution in [3.63, 3.8) is 0 Å². The molecule has 0 radical (unpaired) electrons. The van der Waals surface area contributed by atoms with Gasteiger partial charge in [0, 0.05) is 25.4 Å². The van der Waals surface area contributed by atoms with E-state index in [1.165, 1.54) is 0 Å². The third kappa shape index (κ3) is 3.41. The third-order valence-corrected chi connectivity index (χ3v) is 2.62. The predicted octanol–water partition coefficient (Wildman–Crippen LogP) is 0.600. The van der Waals surface area contributed by atoms with Gasteiger partial charge in [0.05, 0.1) is 5.56 Å². The number of carbonyl (C=O) groups is 1. The monoisotopic (exact) mass is 252 g/mol. The van der Waals surface area contributed by atoms with Gasteiger partial charge in [-0.25, -0.2) is 10.8 Å². The molecule has 4 N–H and O–H groups in total. The Morgan fingerprint density at radius 3 is 2.89 bits per heavy atom. The molecule has 0 saturated heterocycles. The molecule has 0 aliphatic carbocycles. The second kappa shape index (κ2) is 6.93. The lowest BCUT2D eigenvalue weighted by Crippen LogP contribution is -2.38. The lowest BCUT2D eigenvalue weighted by atomic mass is 10.2. The molecule has 6 heteroatoms. The van der Waals surface area contributed by atoms with Gasteiger partial charge in [-0.2, -0.15) is 0 Å². The highest BCUT2D eigenvalue weighted by molar-refractivity contribution is 5.98. The first-order valence-corrected chi connectivity index (χ1v) is 5.95. The number of amides is 1. The Morgan fingerprint density at radius 1 is 1.61 bits per heavy atom. The Morgan fingerprint density at radius 2 is 2.33 bits per heavy atom. The number of anilines is 1. The quantitative estimate of drug-likeness (QED) is 0.509. The molecule has 1 aromatic heterocycles. The molecule has 0 fully saturated rings. The van der Waals surface area contributed by atoms with Crippen molar-refractivity contribution in [1.82, 2.24) is 9.88 Å². The fraction of sp³-hybridized carbons (Fsp3) is 0.500. The maximum atomic E-state index is 12.4. The lowest BCUT2D eigenvalue weighted by molar-refractivity contribution is 0.0693. The average molecular weight is 252 g/mol. The number of aliphatic hydroxyl groups excluding tert-OH is 1. The summed E-state index contributed by atoms with van der Waals surface area (Å²) in [7, 11) is 0. The molecule has 18 heavy (non-hydrogen) atoms. The molecule has 1 aromatic rings. The topological polar surface area (TPSA) is 91.5 Å². The zero-order valence-corrected chi connectivity index (χ0v) is 10.8. The van der Waals surface area contributed by atoms with Crippen LogP contribution in [0, 0.1) is 0 Å². The number of aliphatic hydroxyl groups is 1. The summed E-state index contributed by atoms with van der Waals surface area (Å²) in [6.07, 6.45) is 2.12. The van der Waals surface area contributed by atoms with Gasteiger partial charge in [-0.1, -0.05) is 0 Å². The van der Waals surface area contributed by atoms with Gasteiger partial charge in [0.2, 0.25) is 0 Å². The van der Waals surface area contributed by atoms with E-state index in [1.807, 2.05) is 13.8 Å². The van der Waals surface area contributed by atoms with Crippen LogP contribution in [-0.4, -0.2) is 40.1 Å². The molecule has 1 heterocycles. The smallest absolute Gasteiger partial charge is 0.257 e. The maximum Gasteiger partial charge on any atom is 0.257 e. The summed E-state index contributed by atoms with van der Waals surface area (Å²) in [5.41, 5.74) is 2.86. The van der Waals surface area contributed by atoms with Gasteiger partial charge >= 0.3 is 0 Å². The standard InChI is InChI=1S/C12H20N4O2/c1-9(2)16(7-4-8-17)12(18)10-5-3-6-14-11(10)15-13/h3,5-6,9,17H,4,7-8,13H2,1-2H3,(H,14,15). The van der Waals surface area contributed by atoms with E-state index in [0.717, 1.165) is 0 Å². The first-order valence-electron chi connectivity index (χ1n) is 5.95. The predicted molar refractivity (Wildman–Crippen MR) is 69.9 cm³/mol. The number of pyridine rings is 1. The van der Waals surface area contributed by atoms with Crippen molar-refractivity contribution in [2.45, 2.75) is 26.3 Å². The summed E-state index contributed by atoms with van der Waals surface area (Å²) < 4.78 is 0. The Hall–Kier alpha value is -1.66. The highest BCUT2D eigenvalue weighted by Crippen LogP contribution is 2.15. The van der Waals surface area contributed by atoms with E-state index in [0.29, 0.717) is 24.3 Å². The molecule has 0 saturated carbocycles. The number of aromatic nitrogens is 1. The summed E-state index contributed by atoms with van der Waals surface area (Å²) in [6, 6.07) is 3.42. The van der Waals surface area contributed by atoms with E-state index in [1.54, 1.807) is 23.2 Å². The fourth-order valence-corrected chi connectivity index (χ4v) is 1.68. The number of hydrogen-bond donors (Lipinski definition) is 3. The van der Waals surface area contributed by atoms with Crippen LogP contribution in [-0.2, 0) is 0 Å². The number of carbonyl (C=O) groups excluding carboxylic acids is 1. The Kier molecular flexibility index (Phi) is 5.54. The third-order valence-electron chi connectivity index (χ3n) is 2.62. The van der Waals surface area contributed by atoms with Crippen LogP contribution in [0.4, 0.5) is 5.82 Å². The normalized spacial score (nSPS) is 10.5. The van der Waals surface area contributed by atoms with Crippen LogP contribution in [0.15, 0.2) is 18.3 Å². The van der Waals surface area contributed by atoms with Gasteiger partial charge in [0.1, 0.15) is 0 Å². The number of nitrogens with two attached hydrogens (primary N) is 1. The van der Waals surface area contributed by atoms with Crippen LogP contribution in [0.3, 0.4) is 0 Å². The van der Waals surface area contributed by atoms with Gasteiger partial charge in [0.25, 0.3) is 5.91 Å². The number of nitrogen functional groups attached to an aromatic ring is 1. The van der Waals surface area contributed by atoms with Crippen molar-refractivity contribution in [2.75, 3.05) is 18.6 Å². The number of hydrogen-bond acceptors (Lipinski definition) is 5. The van der Waals surface area contributed by atoms with E-state index in [4.69, 9.17) is 10.9 Å². The van der Waals surface area contributed by atoms with Crippen molar-refractivity contribution in [2.24, 2.45) is 5.84 Å². The van der Waals surface area contributed by atoms with Gasteiger partial charge in [-0.05, 0) is 32.4 Å². The molecule has 0 unspecified atom stereocenters. The molecule has 0 atom stereocenters. The van der Waals surface area contributed by atoms with Crippen molar-refractivity contribution in [3.8, 4) is 0 Å². The minimum atomic E-state index is -0.139. The van der Waals surface area contributed by atoms with Crippen LogP contribution in [0.25, 0.3) is 0 Å². The van der Waals surface area contributed by atoms with Crippen molar-refractivity contribution in [1.29, 1.82) is 0 Å². The summed E-state index contributed by atoms with van der Waals surface area (Å²) in [5, 5.41) is 8.87. The second-order valence-corrected chi connectivity index (χ2v) is 4.21. The highest BCUT2D eigenvalue weighted by atomic mass is 16.3. The van der Waals surface area contributed by atoms with Crippen LogP contribution >= 0.6 is 0 Å². The number of hydrazine groups is 1. The molecule has 0 spiro atoms. The number of nitrogens with one attached hydrogen (secondary N) is 1. The maximum absolute atomic E-state index is 12.4. The Balaban J connectivity index is 2.94. The lowest BCUT2D eigenvalue weighted by Gasteiger charge is -2.27. The van der Waals surface area contributed by atoms with Gasteiger partial charge < -0.3 is 15.4 Å². The second-order valence-electron chi connectivity index (χ2n) is 4.21. The first kappa shape index (κ1) is 14.4. The van der Waals surface area contributed by atoms with Gasteiger partial charge in [-0.15, -0.1) is 0 Å². The van der Waals surface area contributed by atoms with Crippen molar-refractivity contribution < 1.29 is 9.90 Å². The molecule has 0 aromatic carbocycles. The SMILES string of the molecule is CC(C)N(CCCO)C(=O)c1cccnc1NN. The summed E-state index contributed by atoms with van der Waals surface area (Å²) in [4.78, 5) is 18.1. The van der Waals surface area contributed by atoms with Crippen LogP contribution in [0.1, 0.15) is 30.6 Å². The first-order chi connectivity index (χ1) is 8.61. The van der Waals surface area contributed by atoms with Crippen LogP contribution in [0.2, 0.25) is 0 Å². The van der Waals surface area contributed by atoms with Gasteiger partial charge in [0.15, 0.2) is 5.82 Å². The van der Waals surface area contributed by atoms with Crippen molar-refractivity contribution in [3.05, 3.63) is 23.9 Å². The van der Waals surface area contributed by atoms with E-state index in [9.17, 15) is 4.79 Å². The molecular weight excluding hydrogens is 232 g/mol. The number of rotatable bonds is 6. The zero-order valence-electron chi connectivity index (χ0n) is 10.8. The molecule has 1 rings (SSSR count). The van der Waals surface area contributed by atoms with E-state index in [2.05, 4.69) is 10.4 Å². The van der Waals surface area contributed by atoms with Crippen molar-refractivity contribution >= 4 is 11.7 Å². The highest BCUT2D eigenvalue weighted by Gasteiger charge is 2.21. The molecular formula is C12H20N4O2. The van der Waals surface area contributed by atoms with Crippen LogP contribution < -0.4 is 11.3 Å². The Labute approximate surface area is 107 Å². The van der Waals surface area contributed by atoms with E-state index >= 15 is 0 Å². The summed E-state index contributed by atoms with van der Waals surface area (Å²) >= 11 is 0. The molecule has 1 amide bonds. The minimum absolute atomic E-state index is 0.0508. The summed E-state index contributed by atoms with van der Waals surface area (Å²) in [5.74, 6) is 5.56. The molecule has 6 nitrogen and oxygen atoms in total. The molecule has 0 aliphatic rings. The largest absolute Gasteiger partial charge is 0.396 e. The van der Waals surface area contributed by atoms with Crippen LogP contribution in [0.5, 0.6) is 0 Å². The molecule has 100 valence electrons. The number of nitrogens with zero attached hydrogens (tertiary/aromatic N) is 2. The van der Waals surface area contributed by atoms with Gasteiger partial charge in [-0.3, -0.25) is 4.79 Å². The zero-order chi connectivity index (χ0) is 13.5. The summed E-state index contributed by atoms with van der Waals surface area (Å²) in [6.45, 7) is 4.43.